The third-order valence-electron chi connectivity index (χ3n) is 4.50. The Morgan fingerprint density at radius 2 is 1.95 bits per heavy atom. The molecule has 0 bridgehead atoms. The van der Waals surface area contributed by atoms with Crippen LogP contribution < -0.4 is 4.90 Å². The van der Waals surface area contributed by atoms with Crippen LogP contribution in [0.1, 0.15) is 38.5 Å². The van der Waals surface area contributed by atoms with Crippen molar-refractivity contribution in [2.75, 3.05) is 18.0 Å². The largest absolute Gasteiger partial charge is 0.480 e. The van der Waals surface area contributed by atoms with Gasteiger partial charge in [0.25, 0.3) is 0 Å². The minimum absolute atomic E-state index is 0.0566. The molecule has 0 radical (unpaired) electrons. The van der Waals surface area contributed by atoms with Gasteiger partial charge in [0.1, 0.15) is 6.54 Å². The van der Waals surface area contributed by atoms with Gasteiger partial charge in [-0.15, -0.1) is 0 Å². The highest BCUT2D eigenvalue weighted by Gasteiger charge is 2.42. The molecule has 1 saturated carbocycles. The van der Waals surface area contributed by atoms with Gasteiger partial charge in [-0.05, 0) is 12.8 Å². The first kappa shape index (κ1) is 12.5. The third kappa shape index (κ3) is 2.60. The normalized spacial score (nSPS) is 22.0. The van der Waals surface area contributed by atoms with Gasteiger partial charge in [0.05, 0.1) is 11.9 Å². The summed E-state index contributed by atoms with van der Waals surface area (Å²) in [4.78, 5) is 13.0. The van der Waals surface area contributed by atoms with Gasteiger partial charge < -0.3 is 10.0 Å². The minimum atomic E-state index is -0.849. The molecule has 0 atom stereocenters. The van der Waals surface area contributed by atoms with E-state index in [1.165, 1.54) is 43.2 Å². The van der Waals surface area contributed by atoms with Gasteiger partial charge in [-0.2, -0.15) is 5.10 Å². The average molecular weight is 263 g/mol. The number of hydrogen-bond donors (Lipinski definition) is 1. The minimum Gasteiger partial charge on any atom is -0.480 e. The Morgan fingerprint density at radius 3 is 2.58 bits per heavy atom. The lowest BCUT2D eigenvalue weighted by Crippen LogP contribution is -2.56. The Bertz CT molecular complexity index is 453. The first-order chi connectivity index (χ1) is 9.17. The molecule has 1 aromatic rings. The van der Waals surface area contributed by atoms with Crippen LogP contribution in [0.4, 0.5) is 5.69 Å². The molecule has 1 spiro atoms. The molecule has 104 valence electrons. The molecule has 1 aliphatic carbocycles. The van der Waals surface area contributed by atoms with Crippen LogP contribution in [-0.4, -0.2) is 33.9 Å². The van der Waals surface area contributed by atoms with E-state index in [1.807, 2.05) is 6.20 Å². The number of carbonyl (C=O) groups is 1. The average Bonchev–Trinajstić information content (AvgIpc) is 2.62. The van der Waals surface area contributed by atoms with E-state index in [9.17, 15) is 4.79 Å². The van der Waals surface area contributed by atoms with E-state index in [0.29, 0.717) is 5.41 Å². The molecule has 3 rings (SSSR count). The highest BCUT2D eigenvalue weighted by Crippen LogP contribution is 2.44. The van der Waals surface area contributed by atoms with E-state index < -0.39 is 5.97 Å². The predicted octanol–water partition coefficient (Wildman–Crippen LogP) is 2.13. The van der Waals surface area contributed by atoms with Gasteiger partial charge in [0, 0.05) is 24.7 Å². The predicted molar refractivity (Wildman–Crippen MR) is 72.2 cm³/mol. The van der Waals surface area contributed by atoms with Crippen molar-refractivity contribution < 1.29 is 9.90 Å². The molecule has 19 heavy (non-hydrogen) atoms. The van der Waals surface area contributed by atoms with Gasteiger partial charge in [-0.25, -0.2) is 0 Å². The van der Waals surface area contributed by atoms with Crippen molar-refractivity contribution in [1.82, 2.24) is 9.78 Å². The maximum atomic E-state index is 10.6. The van der Waals surface area contributed by atoms with Gasteiger partial charge in [0.2, 0.25) is 0 Å². The van der Waals surface area contributed by atoms with E-state index in [2.05, 4.69) is 10.00 Å². The third-order valence-corrected chi connectivity index (χ3v) is 4.50. The number of carboxylic acids is 1. The number of aromatic nitrogens is 2. The number of hydrogen-bond acceptors (Lipinski definition) is 3. The summed E-state index contributed by atoms with van der Waals surface area (Å²) in [6.07, 6.45) is 11.8. The van der Waals surface area contributed by atoms with Crippen LogP contribution in [0.25, 0.3) is 0 Å². The molecule has 5 nitrogen and oxygen atoms in total. The fourth-order valence-electron chi connectivity index (χ4n) is 3.48. The maximum Gasteiger partial charge on any atom is 0.325 e. The lowest BCUT2D eigenvalue weighted by Gasteiger charge is -2.51. The molecule has 1 saturated heterocycles. The summed E-state index contributed by atoms with van der Waals surface area (Å²) in [5.41, 5.74) is 1.60. The Hall–Kier alpha value is -1.52. The molecule has 1 aromatic heterocycles. The summed E-state index contributed by atoms with van der Waals surface area (Å²) in [5, 5.41) is 12.8. The quantitative estimate of drug-likeness (QED) is 0.907. The zero-order chi connectivity index (χ0) is 13.3. The molecular formula is C14H21N3O2. The van der Waals surface area contributed by atoms with Crippen LogP contribution in [0.3, 0.4) is 0 Å². The van der Waals surface area contributed by atoms with E-state index in [0.717, 1.165) is 18.8 Å². The molecule has 0 aromatic carbocycles. The highest BCUT2D eigenvalue weighted by atomic mass is 16.4. The number of aliphatic carboxylic acids is 1. The molecule has 2 heterocycles. The van der Waals surface area contributed by atoms with Crippen molar-refractivity contribution in [3.63, 3.8) is 0 Å². The van der Waals surface area contributed by atoms with E-state index >= 15 is 0 Å². The SMILES string of the molecule is O=C(O)Cn1cc(N2CC3(CCCCCC3)C2)cn1. The summed E-state index contributed by atoms with van der Waals surface area (Å²) >= 11 is 0. The maximum absolute atomic E-state index is 10.6. The van der Waals surface area contributed by atoms with Crippen LogP contribution in [0.2, 0.25) is 0 Å². The molecule has 1 aliphatic heterocycles. The van der Waals surface area contributed by atoms with Crippen molar-refractivity contribution >= 4 is 11.7 Å². The first-order valence-electron chi connectivity index (χ1n) is 7.16. The zero-order valence-electron chi connectivity index (χ0n) is 11.2. The van der Waals surface area contributed by atoms with Gasteiger partial charge in [-0.3, -0.25) is 9.48 Å². The standard InChI is InChI=1S/C14H21N3O2/c18-13(19)9-17-8-12(7-15-17)16-10-14(11-16)5-3-1-2-4-6-14/h7-8H,1-6,9-11H2,(H,18,19). The Labute approximate surface area is 113 Å². The van der Waals surface area contributed by atoms with Gasteiger partial charge in [-0.1, -0.05) is 25.7 Å². The molecule has 0 amide bonds. The second-order valence-electron chi connectivity index (χ2n) is 6.06. The van der Waals surface area contributed by atoms with Gasteiger partial charge in [0.15, 0.2) is 0 Å². The molecule has 1 N–H and O–H groups in total. The second-order valence-corrected chi connectivity index (χ2v) is 6.06. The van der Waals surface area contributed by atoms with E-state index in [1.54, 1.807) is 6.20 Å². The fraction of sp³-hybridized carbons (Fsp3) is 0.714. The number of rotatable bonds is 3. The van der Waals surface area contributed by atoms with Crippen LogP contribution in [0, 0.1) is 5.41 Å². The Kier molecular flexibility index (Phi) is 3.21. The van der Waals surface area contributed by atoms with Gasteiger partial charge >= 0.3 is 5.97 Å². The van der Waals surface area contributed by atoms with Crippen molar-refractivity contribution in [3.8, 4) is 0 Å². The van der Waals surface area contributed by atoms with Crippen LogP contribution in [0.15, 0.2) is 12.4 Å². The fourth-order valence-corrected chi connectivity index (χ4v) is 3.48. The summed E-state index contributed by atoms with van der Waals surface area (Å²) in [5.74, 6) is -0.849. The lowest BCUT2D eigenvalue weighted by atomic mass is 9.73. The van der Waals surface area contributed by atoms with Crippen molar-refractivity contribution in [2.24, 2.45) is 5.41 Å². The summed E-state index contributed by atoms with van der Waals surface area (Å²) in [6, 6.07) is 0. The molecule has 2 fully saturated rings. The van der Waals surface area contributed by atoms with Crippen molar-refractivity contribution in [3.05, 3.63) is 12.4 Å². The summed E-state index contributed by atoms with van der Waals surface area (Å²) in [7, 11) is 0. The zero-order valence-corrected chi connectivity index (χ0v) is 11.2. The number of nitrogens with zero attached hydrogens (tertiary/aromatic N) is 3. The lowest BCUT2D eigenvalue weighted by molar-refractivity contribution is -0.137. The van der Waals surface area contributed by atoms with Crippen LogP contribution >= 0.6 is 0 Å². The first-order valence-corrected chi connectivity index (χ1v) is 7.16. The molecule has 2 aliphatic rings. The molecule has 0 unspecified atom stereocenters. The smallest absolute Gasteiger partial charge is 0.325 e. The van der Waals surface area contributed by atoms with Crippen molar-refractivity contribution in [1.29, 1.82) is 0 Å². The topological polar surface area (TPSA) is 58.4 Å². The number of carboxylic acid groups (broad SMARTS) is 1. The van der Waals surface area contributed by atoms with E-state index in [4.69, 9.17) is 5.11 Å². The molecular weight excluding hydrogens is 242 g/mol. The monoisotopic (exact) mass is 263 g/mol. The van der Waals surface area contributed by atoms with E-state index in [-0.39, 0.29) is 6.54 Å². The second kappa shape index (κ2) is 4.87. The van der Waals surface area contributed by atoms with Crippen LogP contribution in [0.5, 0.6) is 0 Å². The number of anilines is 1. The summed E-state index contributed by atoms with van der Waals surface area (Å²) < 4.78 is 1.50. The summed E-state index contributed by atoms with van der Waals surface area (Å²) in [6.45, 7) is 2.18. The van der Waals surface area contributed by atoms with Crippen molar-refractivity contribution in [2.45, 2.75) is 45.1 Å². The van der Waals surface area contributed by atoms with Crippen LogP contribution in [-0.2, 0) is 11.3 Å². The molecule has 5 heteroatoms. The highest BCUT2D eigenvalue weighted by molar-refractivity contribution is 5.66. The Balaban J connectivity index is 1.60. The Morgan fingerprint density at radius 1 is 1.26 bits per heavy atom.